The van der Waals surface area contributed by atoms with E-state index in [4.69, 9.17) is 9.47 Å². The van der Waals surface area contributed by atoms with Crippen LogP contribution in [0.1, 0.15) is 35.2 Å². The van der Waals surface area contributed by atoms with Crippen molar-refractivity contribution in [2.75, 3.05) is 19.7 Å². The average molecular weight is 423 g/mol. The molecule has 0 N–H and O–H groups in total. The average Bonchev–Trinajstić information content (AvgIpc) is 3.05. The highest BCUT2D eigenvalue weighted by Crippen LogP contribution is 2.27. The molecule has 1 saturated heterocycles. The second-order valence-corrected chi connectivity index (χ2v) is 8.44. The van der Waals surface area contributed by atoms with Crippen molar-refractivity contribution in [3.8, 4) is 11.6 Å². The molecule has 0 atom stereocenters. The zero-order valence-electron chi connectivity index (χ0n) is 18.9. The zero-order chi connectivity index (χ0) is 22.1. The Hall–Kier alpha value is -3.09. The predicted molar refractivity (Wildman–Crippen MR) is 120 cm³/mol. The van der Waals surface area contributed by atoms with Crippen molar-refractivity contribution in [1.29, 1.82) is 0 Å². The highest BCUT2D eigenvalue weighted by atomic mass is 16.5. The predicted octanol–water partition coefficient (Wildman–Crippen LogP) is 3.65. The largest absolute Gasteiger partial charge is 0.490 e. The number of piperidine rings is 1. The third-order valence-corrected chi connectivity index (χ3v) is 5.99. The van der Waals surface area contributed by atoms with Gasteiger partial charge in [-0.1, -0.05) is 6.07 Å². The van der Waals surface area contributed by atoms with Crippen molar-refractivity contribution in [2.24, 2.45) is 7.05 Å². The Balaban J connectivity index is 1.32. The Morgan fingerprint density at radius 3 is 2.52 bits per heavy atom. The lowest BCUT2D eigenvalue weighted by molar-refractivity contribution is -0.135. The summed E-state index contributed by atoms with van der Waals surface area (Å²) in [7, 11) is 1.84. The monoisotopic (exact) mass is 422 g/mol. The van der Waals surface area contributed by atoms with Gasteiger partial charge in [0, 0.05) is 38.7 Å². The van der Waals surface area contributed by atoms with Crippen LogP contribution >= 0.6 is 0 Å². The van der Waals surface area contributed by atoms with E-state index in [2.05, 4.69) is 36.1 Å². The Bertz CT molecular complexity index is 1110. The van der Waals surface area contributed by atoms with E-state index in [0.29, 0.717) is 19.0 Å². The van der Waals surface area contributed by atoms with Crippen LogP contribution in [-0.2, 0) is 11.8 Å². The maximum Gasteiger partial charge on any atom is 0.260 e. The number of ether oxygens (including phenoxy) is 2. The summed E-state index contributed by atoms with van der Waals surface area (Å²) >= 11 is 0. The molecule has 0 bridgehead atoms. The molecule has 1 fully saturated rings. The van der Waals surface area contributed by atoms with Gasteiger partial charge < -0.3 is 14.4 Å². The maximum atomic E-state index is 12.7. The van der Waals surface area contributed by atoms with Gasteiger partial charge >= 0.3 is 0 Å². The topological polar surface area (TPSA) is 69.5 Å². The zero-order valence-corrected chi connectivity index (χ0v) is 18.9. The summed E-state index contributed by atoms with van der Waals surface area (Å²) in [6.45, 7) is 9.46. The molecular weight excluding hydrogens is 392 g/mol. The molecule has 164 valence electrons. The lowest BCUT2D eigenvalue weighted by Crippen LogP contribution is -2.43. The molecule has 3 aromatic rings. The van der Waals surface area contributed by atoms with Crippen molar-refractivity contribution >= 4 is 16.9 Å². The highest BCUT2D eigenvalue weighted by molar-refractivity contribution is 5.85. The standard InChI is InChI=1S/C24H30N4O3/c1-15-6-7-20(13-16(15)2)31-19-8-10-28(11-9-19)21(29)14-30-24-22-17(3)12-18(4)25-23(22)27(5)26-24/h6-7,12-13,19H,8-11,14H2,1-5H3. The van der Waals surface area contributed by atoms with E-state index in [1.807, 2.05) is 37.9 Å². The number of likely N-dealkylation sites (tertiary alicyclic amines) is 1. The van der Waals surface area contributed by atoms with Gasteiger partial charge in [0.25, 0.3) is 5.91 Å². The number of pyridine rings is 1. The number of nitrogens with zero attached hydrogens (tertiary/aromatic N) is 4. The number of carbonyl (C=O) groups excluding carboxylic acids is 1. The highest BCUT2D eigenvalue weighted by Gasteiger charge is 2.25. The number of rotatable bonds is 5. The number of carbonyl (C=O) groups is 1. The molecule has 7 heteroatoms. The molecule has 1 aliphatic rings. The molecule has 7 nitrogen and oxygen atoms in total. The second kappa shape index (κ2) is 8.57. The van der Waals surface area contributed by atoms with Crippen LogP contribution in [0.5, 0.6) is 11.6 Å². The first kappa shape index (κ1) is 21.2. The van der Waals surface area contributed by atoms with Crippen LogP contribution in [0.25, 0.3) is 11.0 Å². The first-order valence-electron chi connectivity index (χ1n) is 10.8. The number of hydrogen-bond donors (Lipinski definition) is 0. The van der Waals surface area contributed by atoms with Crippen LogP contribution in [0.15, 0.2) is 24.3 Å². The summed E-state index contributed by atoms with van der Waals surface area (Å²) < 4.78 is 13.7. The van der Waals surface area contributed by atoms with Crippen molar-refractivity contribution in [1.82, 2.24) is 19.7 Å². The Morgan fingerprint density at radius 2 is 1.81 bits per heavy atom. The lowest BCUT2D eigenvalue weighted by atomic mass is 10.1. The fourth-order valence-corrected chi connectivity index (χ4v) is 4.07. The van der Waals surface area contributed by atoms with Gasteiger partial charge in [-0.25, -0.2) is 9.67 Å². The van der Waals surface area contributed by atoms with E-state index in [0.717, 1.165) is 40.9 Å². The number of hydrogen-bond acceptors (Lipinski definition) is 5. The SMILES string of the molecule is Cc1cc(C)c2c(OCC(=O)N3CCC(Oc4ccc(C)c(C)c4)CC3)nn(C)c2n1. The normalized spacial score (nSPS) is 14.8. The number of amides is 1. The van der Waals surface area contributed by atoms with Gasteiger partial charge in [0.05, 0.1) is 5.39 Å². The summed E-state index contributed by atoms with van der Waals surface area (Å²) in [6, 6.07) is 8.18. The van der Waals surface area contributed by atoms with Crippen LogP contribution in [0.4, 0.5) is 0 Å². The third kappa shape index (κ3) is 4.50. The van der Waals surface area contributed by atoms with Crippen LogP contribution in [-0.4, -0.2) is 51.4 Å². The fraction of sp³-hybridized carbons (Fsp3) is 0.458. The minimum atomic E-state index is -0.0267. The van der Waals surface area contributed by atoms with E-state index in [-0.39, 0.29) is 18.6 Å². The van der Waals surface area contributed by atoms with Gasteiger partial charge in [-0.2, -0.15) is 0 Å². The van der Waals surface area contributed by atoms with Gasteiger partial charge in [-0.15, -0.1) is 5.10 Å². The fourth-order valence-electron chi connectivity index (χ4n) is 4.07. The number of aryl methyl sites for hydroxylation is 5. The summed E-state index contributed by atoms with van der Waals surface area (Å²) in [5, 5.41) is 5.28. The number of fused-ring (bicyclic) bond motifs is 1. The Kier molecular flexibility index (Phi) is 5.85. The lowest BCUT2D eigenvalue weighted by Gasteiger charge is -2.32. The Labute approximate surface area is 183 Å². The first-order valence-corrected chi connectivity index (χ1v) is 10.8. The molecule has 3 heterocycles. The quantitative estimate of drug-likeness (QED) is 0.628. The summed E-state index contributed by atoms with van der Waals surface area (Å²) in [4.78, 5) is 19.1. The Morgan fingerprint density at radius 1 is 1.06 bits per heavy atom. The smallest absolute Gasteiger partial charge is 0.260 e. The van der Waals surface area contributed by atoms with Gasteiger partial charge in [0.1, 0.15) is 11.9 Å². The molecule has 1 aromatic carbocycles. The van der Waals surface area contributed by atoms with Crippen molar-refractivity contribution in [2.45, 2.75) is 46.6 Å². The van der Waals surface area contributed by atoms with Crippen LogP contribution in [0.2, 0.25) is 0 Å². The van der Waals surface area contributed by atoms with Gasteiger partial charge in [0.2, 0.25) is 5.88 Å². The third-order valence-electron chi connectivity index (χ3n) is 5.99. The minimum absolute atomic E-state index is 0.0257. The maximum absolute atomic E-state index is 12.7. The number of benzene rings is 1. The molecule has 0 unspecified atom stereocenters. The van der Waals surface area contributed by atoms with Crippen molar-refractivity contribution < 1.29 is 14.3 Å². The molecule has 0 radical (unpaired) electrons. The van der Waals surface area contributed by atoms with E-state index < -0.39 is 0 Å². The molecule has 1 aliphatic heterocycles. The van der Waals surface area contributed by atoms with Crippen LogP contribution in [0.3, 0.4) is 0 Å². The second-order valence-electron chi connectivity index (χ2n) is 8.44. The molecule has 0 saturated carbocycles. The van der Waals surface area contributed by atoms with Crippen LogP contribution < -0.4 is 9.47 Å². The molecule has 0 aliphatic carbocycles. The molecule has 2 aromatic heterocycles. The number of aromatic nitrogens is 3. The summed E-state index contributed by atoms with van der Waals surface area (Å²) in [6.07, 6.45) is 1.75. The van der Waals surface area contributed by atoms with Gasteiger partial charge in [-0.05, 0) is 62.6 Å². The minimum Gasteiger partial charge on any atom is -0.490 e. The summed E-state index contributed by atoms with van der Waals surface area (Å²) in [5.41, 5.74) is 5.23. The molecular formula is C24H30N4O3. The van der Waals surface area contributed by atoms with Crippen LogP contribution in [0, 0.1) is 27.7 Å². The van der Waals surface area contributed by atoms with Crippen molar-refractivity contribution in [3.05, 3.63) is 46.6 Å². The molecule has 0 spiro atoms. The van der Waals surface area contributed by atoms with E-state index in [9.17, 15) is 4.79 Å². The van der Waals surface area contributed by atoms with Crippen molar-refractivity contribution in [3.63, 3.8) is 0 Å². The molecule has 31 heavy (non-hydrogen) atoms. The van der Waals surface area contributed by atoms with Gasteiger partial charge in [-0.3, -0.25) is 4.79 Å². The van der Waals surface area contributed by atoms with E-state index in [1.54, 1.807) is 4.68 Å². The van der Waals surface area contributed by atoms with E-state index >= 15 is 0 Å². The van der Waals surface area contributed by atoms with Gasteiger partial charge in [0.15, 0.2) is 12.3 Å². The first-order chi connectivity index (χ1) is 14.8. The molecule has 4 rings (SSSR count). The molecule has 1 amide bonds. The van der Waals surface area contributed by atoms with E-state index in [1.165, 1.54) is 11.1 Å². The summed E-state index contributed by atoms with van der Waals surface area (Å²) in [5.74, 6) is 1.34.